The minimum atomic E-state index is 0.719. The summed E-state index contributed by atoms with van der Waals surface area (Å²) in [5.74, 6) is 0.719. The van der Waals surface area contributed by atoms with Gasteiger partial charge in [-0.2, -0.15) is 12.6 Å². The normalized spacial score (nSPS) is 10.6. The van der Waals surface area contributed by atoms with E-state index in [0.29, 0.717) is 0 Å². The van der Waals surface area contributed by atoms with Crippen LogP contribution in [-0.2, 0) is 5.75 Å². The smallest absolute Gasteiger partial charge is 0.103 e. The van der Waals surface area contributed by atoms with E-state index < -0.39 is 0 Å². The fourth-order valence-electron chi connectivity index (χ4n) is 0.949. The van der Waals surface area contributed by atoms with Crippen molar-refractivity contribution in [3.8, 4) is 10.6 Å². The van der Waals surface area contributed by atoms with E-state index in [-0.39, 0.29) is 0 Å². The average molecular weight is 292 g/mol. The molecule has 0 atom stereocenters. The minimum absolute atomic E-state index is 0.719. The maximum Gasteiger partial charge on any atom is 0.103 e. The SMILES string of the molecule is SCc1nc(-c2ccc(Br)s2)cs1. The molecule has 0 aromatic carbocycles. The molecule has 0 N–H and O–H groups in total. The van der Waals surface area contributed by atoms with Gasteiger partial charge in [-0.3, -0.25) is 0 Å². The number of rotatable bonds is 2. The molecule has 0 fully saturated rings. The Labute approximate surface area is 98.4 Å². The Balaban J connectivity index is 2.35. The lowest BCUT2D eigenvalue weighted by molar-refractivity contribution is 1.28. The van der Waals surface area contributed by atoms with Gasteiger partial charge in [0.15, 0.2) is 0 Å². The zero-order valence-electron chi connectivity index (χ0n) is 6.53. The van der Waals surface area contributed by atoms with E-state index >= 15 is 0 Å². The summed E-state index contributed by atoms with van der Waals surface area (Å²) in [5.41, 5.74) is 1.06. The highest BCUT2D eigenvalue weighted by Crippen LogP contribution is 2.31. The predicted octanol–water partition coefficient (Wildman–Crippen LogP) is 4.06. The van der Waals surface area contributed by atoms with Crippen molar-refractivity contribution in [1.29, 1.82) is 0 Å². The molecule has 68 valence electrons. The van der Waals surface area contributed by atoms with Gasteiger partial charge in [-0.25, -0.2) is 4.98 Å². The van der Waals surface area contributed by atoms with Crippen LogP contribution < -0.4 is 0 Å². The van der Waals surface area contributed by atoms with Crippen LogP contribution in [-0.4, -0.2) is 4.98 Å². The van der Waals surface area contributed by atoms with Crippen molar-refractivity contribution in [3.63, 3.8) is 0 Å². The van der Waals surface area contributed by atoms with Crippen LogP contribution in [0.3, 0.4) is 0 Å². The topological polar surface area (TPSA) is 12.9 Å². The number of nitrogens with zero attached hydrogens (tertiary/aromatic N) is 1. The fourth-order valence-corrected chi connectivity index (χ4v) is 3.32. The number of thiol groups is 1. The molecule has 1 nitrogen and oxygen atoms in total. The van der Waals surface area contributed by atoms with Crippen LogP contribution in [0.25, 0.3) is 10.6 Å². The van der Waals surface area contributed by atoms with E-state index in [1.165, 1.54) is 4.88 Å². The first kappa shape index (κ1) is 9.71. The summed E-state index contributed by atoms with van der Waals surface area (Å²) in [7, 11) is 0. The van der Waals surface area contributed by atoms with Gasteiger partial charge in [0.25, 0.3) is 0 Å². The molecule has 0 saturated carbocycles. The Bertz CT molecular complexity index is 407. The van der Waals surface area contributed by atoms with Crippen LogP contribution in [0.5, 0.6) is 0 Å². The third kappa shape index (κ3) is 2.15. The molecule has 2 heterocycles. The van der Waals surface area contributed by atoms with E-state index in [4.69, 9.17) is 0 Å². The second kappa shape index (κ2) is 4.13. The standard InChI is InChI=1S/C8H6BrNS3/c9-7-2-1-6(13-7)5-4-12-8(3-11)10-5/h1-2,4,11H,3H2. The summed E-state index contributed by atoms with van der Waals surface area (Å²) >= 11 is 11.0. The summed E-state index contributed by atoms with van der Waals surface area (Å²) in [5, 5.41) is 3.15. The molecule has 2 rings (SSSR count). The molecule has 0 unspecified atom stereocenters. The molecule has 2 aromatic heterocycles. The summed E-state index contributed by atoms with van der Waals surface area (Å²) in [4.78, 5) is 5.65. The van der Waals surface area contributed by atoms with Gasteiger partial charge in [0, 0.05) is 11.1 Å². The highest BCUT2D eigenvalue weighted by atomic mass is 79.9. The number of aromatic nitrogens is 1. The number of thiophene rings is 1. The Morgan fingerprint density at radius 3 is 2.85 bits per heavy atom. The molecule has 0 aliphatic carbocycles. The lowest BCUT2D eigenvalue weighted by Crippen LogP contribution is -1.74. The Morgan fingerprint density at radius 2 is 2.31 bits per heavy atom. The second-order valence-corrected chi connectivity index (χ2v) is 6.11. The van der Waals surface area contributed by atoms with Gasteiger partial charge in [0.05, 0.1) is 14.4 Å². The maximum atomic E-state index is 4.44. The molecule has 0 radical (unpaired) electrons. The van der Waals surface area contributed by atoms with Gasteiger partial charge in [-0.1, -0.05) is 0 Å². The van der Waals surface area contributed by atoms with E-state index in [2.05, 4.69) is 45.0 Å². The summed E-state index contributed by atoms with van der Waals surface area (Å²) in [6, 6.07) is 4.12. The van der Waals surface area contributed by atoms with Gasteiger partial charge >= 0.3 is 0 Å². The van der Waals surface area contributed by atoms with Gasteiger partial charge in [-0.15, -0.1) is 22.7 Å². The van der Waals surface area contributed by atoms with Crippen LogP contribution in [0.15, 0.2) is 21.3 Å². The molecule has 2 aromatic rings. The number of thiazole rings is 1. The molecule has 0 saturated heterocycles. The van der Waals surface area contributed by atoms with E-state index in [1.54, 1.807) is 22.7 Å². The molecular formula is C8H6BrNS3. The van der Waals surface area contributed by atoms with E-state index in [0.717, 1.165) is 20.2 Å². The second-order valence-electron chi connectivity index (χ2n) is 2.39. The van der Waals surface area contributed by atoms with Crippen LogP contribution in [0.4, 0.5) is 0 Å². The minimum Gasteiger partial charge on any atom is -0.239 e. The fraction of sp³-hybridized carbons (Fsp3) is 0.125. The predicted molar refractivity (Wildman–Crippen MR) is 65.8 cm³/mol. The molecule has 0 bridgehead atoms. The van der Waals surface area contributed by atoms with Crippen molar-refractivity contribution >= 4 is 51.2 Å². The quantitative estimate of drug-likeness (QED) is 0.823. The maximum absolute atomic E-state index is 4.44. The molecular weight excluding hydrogens is 286 g/mol. The van der Waals surface area contributed by atoms with Crippen molar-refractivity contribution < 1.29 is 0 Å². The van der Waals surface area contributed by atoms with Crippen molar-refractivity contribution in [2.24, 2.45) is 0 Å². The Kier molecular flexibility index (Phi) is 3.08. The van der Waals surface area contributed by atoms with Crippen LogP contribution in [0, 0.1) is 0 Å². The summed E-state index contributed by atoms with van der Waals surface area (Å²) in [6.07, 6.45) is 0. The average Bonchev–Trinajstić information content (AvgIpc) is 2.71. The van der Waals surface area contributed by atoms with Gasteiger partial charge in [0.1, 0.15) is 5.01 Å². The van der Waals surface area contributed by atoms with Crippen molar-refractivity contribution in [2.45, 2.75) is 5.75 Å². The Morgan fingerprint density at radius 1 is 1.46 bits per heavy atom. The molecule has 0 aliphatic rings. The van der Waals surface area contributed by atoms with E-state index in [1.807, 2.05) is 6.07 Å². The lowest BCUT2D eigenvalue weighted by atomic mass is 10.4. The zero-order valence-corrected chi connectivity index (χ0v) is 10.6. The van der Waals surface area contributed by atoms with Crippen molar-refractivity contribution in [3.05, 3.63) is 26.3 Å². The molecule has 0 spiro atoms. The monoisotopic (exact) mass is 291 g/mol. The number of hydrogen-bond donors (Lipinski definition) is 1. The molecule has 13 heavy (non-hydrogen) atoms. The van der Waals surface area contributed by atoms with Crippen LogP contribution >= 0.6 is 51.2 Å². The first-order valence-electron chi connectivity index (χ1n) is 3.60. The van der Waals surface area contributed by atoms with Crippen molar-refractivity contribution in [1.82, 2.24) is 4.98 Å². The third-order valence-electron chi connectivity index (χ3n) is 1.51. The molecule has 5 heteroatoms. The number of hydrogen-bond acceptors (Lipinski definition) is 4. The first-order valence-corrected chi connectivity index (χ1v) is 6.73. The molecule has 0 amide bonds. The van der Waals surface area contributed by atoms with Crippen LogP contribution in [0.1, 0.15) is 5.01 Å². The summed E-state index contributed by atoms with van der Waals surface area (Å²) < 4.78 is 1.14. The Hall–Kier alpha value is 0.160. The van der Waals surface area contributed by atoms with Gasteiger partial charge in [-0.05, 0) is 28.1 Å². The molecule has 0 aliphatic heterocycles. The van der Waals surface area contributed by atoms with Gasteiger partial charge in [0.2, 0.25) is 0 Å². The van der Waals surface area contributed by atoms with Crippen LogP contribution in [0.2, 0.25) is 0 Å². The zero-order chi connectivity index (χ0) is 9.26. The lowest BCUT2D eigenvalue weighted by Gasteiger charge is -1.87. The third-order valence-corrected chi connectivity index (χ3v) is 4.52. The summed E-state index contributed by atoms with van der Waals surface area (Å²) in [6.45, 7) is 0. The highest BCUT2D eigenvalue weighted by molar-refractivity contribution is 9.11. The number of halogens is 1. The first-order chi connectivity index (χ1) is 6.29. The van der Waals surface area contributed by atoms with E-state index in [9.17, 15) is 0 Å². The van der Waals surface area contributed by atoms with Gasteiger partial charge < -0.3 is 0 Å². The highest BCUT2D eigenvalue weighted by Gasteiger charge is 2.05. The largest absolute Gasteiger partial charge is 0.239 e. The van der Waals surface area contributed by atoms with Crippen molar-refractivity contribution in [2.75, 3.05) is 0 Å².